The Hall–Kier alpha value is -2.83. The molecule has 2 aromatic rings. The van der Waals surface area contributed by atoms with Crippen LogP contribution in [0.25, 0.3) is 5.69 Å². The highest BCUT2D eigenvalue weighted by atomic mass is 16.4. The van der Waals surface area contributed by atoms with Crippen LogP contribution in [0.1, 0.15) is 19.0 Å². The molecule has 7 nitrogen and oxygen atoms in total. The van der Waals surface area contributed by atoms with Crippen molar-refractivity contribution in [2.75, 3.05) is 18.4 Å². The Labute approximate surface area is 139 Å². The van der Waals surface area contributed by atoms with E-state index < -0.39 is 11.4 Å². The lowest BCUT2D eigenvalue weighted by atomic mass is 9.90. The maximum Gasteiger partial charge on any atom is 0.321 e. The van der Waals surface area contributed by atoms with Crippen molar-refractivity contribution in [2.24, 2.45) is 5.41 Å². The monoisotopic (exact) mass is 328 g/mol. The first-order valence-electron chi connectivity index (χ1n) is 7.80. The highest BCUT2D eigenvalue weighted by Crippen LogP contribution is 2.30. The van der Waals surface area contributed by atoms with Crippen LogP contribution in [0.4, 0.5) is 10.5 Å². The highest BCUT2D eigenvalue weighted by Gasteiger charge is 2.42. The van der Waals surface area contributed by atoms with Crippen molar-refractivity contribution >= 4 is 17.7 Å². The number of carbonyl (C=O) groups is 2. The van der Waals surface area contributed by atoms with E-state index >= 15 is 0 Å². The predicted octanol–water partition coefficient (Wildman–Crippen LogP) is 2.51. The van der Waals surface area contributed by atoms with E-state index in [1.165, 1.54) is 4.90 Å². The molecule has 1 atom stereocenters. The summed E-state index contributed by atoms with van der Waals surface area (Å²) in [6.07, 6.45) is 2.06. The van der Waals surface area contributed by atoms with Gasteiger partial charge in [0.2, 0.25) is 0 Å². The van der Waals surface area contributed by atoms with E-state index in [0.29, 0.717) is 18.7 Å². The maximum absolute atomic E-state index is 12.4. The number of urea groups is 1. The fourth-order valence-electron chi connectivity index (χ4n) is 2.87. The Bertz CT molecular complexity index is 771. The van der Waals surface area contributed by atoms with Gasteiger partial charge >= 0.3 is 12.0 Å². The number of carboxylic acid groups (broad SMARTS) is 1. The number of aromatic nitrogens is 2. The molecule has 0 bridgehead atoms. The van der Waals surface area contributed by atoms with Gasteiger partial charge in [0.1, 0.15) is 0 Å². The SMILES string of the molecule is Cc1c(NC(=O)N2CCC(C)(C(=O)O)C2)cnn1-c1ccccc1. The van der Waals surface area contributed by atoms with Crippen molar-refractivity contribution in [3.8, 4) is 5.69 Å². The lowest BCUT2D eigenvalue weighted by molar-refractivity contribution is -0.146. The van der Waals surface area contributed by atoms with E-state index in [9.17, 15) is 14.7 Å². The third-order valence-electron chi connectivity index (χ3n) is 4.53. The summed E-state index contributed by atoms with van der Waals surface area (Å²) in [5, 5.41) is 16.4. The molecule has 2 amide bonds. The van der Waals surface area contributed by atoms with Gasteiger partial charge in [0.25, 0.3) is 0 Å². The summed E-state index contributed by atoms with van der Waals surface area (Å²) >= 11 is 0. The fourth-order valence-corrected chi connectivity index (χ4v) is 2.87. The lowest BCUT2D eigenvalue weighted by Crippen LogP contribution is -2.37. The second-order valence-electron chi connectivity index (χ2n) is 6.36. The maximum atomic E-state index is 12.4. The van der Waals surface area contributed by atoms with Gasteiger partial charge in [0.05, 0.1) is 28.7 Å². The van der Waals surface area contributed by atoms with Crippen LogP contribution in [0.3, 0.4) is 0 Å². The van der Waals surface area contributed by atoms with Crippen LogP contribution in [-0.2, 0) is 4.79 Å². The summed E-state index contributed by atoms with van der Waals surface area (Å²) in [5.74, 6) is -0.870. The summed E-state index contributed by atoms with van der Waals surface area (Å²) in [6, 6.07) is 9.35. The number of rotatable bonds is 3. The van der Waals surface area contributed by atoms with Crippen molar-refractivity contribution in [1.82, 2.24) is 14.7 Å². The minimum Gasteiger partial charge on any atom is -0.481 e. The van der Waals surface area contributed by atoms with Crippen molar-refractivity contribution in [3.05, 3.63) is 42.2 Å². The Kier molecular flexibility index (Phi) is 4.01. The number of likely N-dealkylation sites (tertiary alicyclic amines) is 1. The van der Waals surface area contributed by atoms with E-state index in [4.69, 9.17) is 0 Å². The van der Waals surface area contributed by atoms with Crippen LogP contribution in [-0.4, -0.2) is 44.9 Å². The third-order valence-corrected chi connectivity index (χ3v) is 4.53. The van der Waals surface area contributed by atoms with Gasteiger partial charge in [-0.05, 0) is 32.4 Å². The largest absolute Gasteiger partial charge is 0.481 e. The zero-order valence-electron chi connectivity index (χ0n) is 13.7. The molecular weight excluding hydrogens is 308 g/mol. The lowest BCUT2D eigenvalue weighted by Gasteiger charge is -2.20. The molecule has 0 spiro atoms. The minimum absolute atomic E-state index is 0.208. The number of aliphatic carboxylic acids is 1. The molecule has 1 saturated heterocycles. The first-order chi connectivity index (χ1) is 11.4. The molecule has 1 fully saturated rings. The average molecular weight is 328 g/mol. The number of anilines is 1. The van der Waals surface area contributed by atoms with Crippen LogP contribution >= 0.6 is 0 Å². The molecule has 2 heterocycles. The summed E-state index contributed by atoms with van der Waals surface area (Å²) < 4.78 is 1.75. The average Bonchev–Trinajstić information content (AvgIpc) is 3.14. The van der Waals surface area contributed by atoms with Gasteiger partial charge < -0.3 is 15.3 Å². The van der Waals surface area contributed by atoms with Crippen LogP contribution in [0, 0.1) is 12.3 Å². The van der Waals surface area contributed by atoms with Crippen molar-refractivity contribution in [3.63, 3.8) is 0 Å². The second-order valence-corrected chi connectivity index (χ2v) is 6.36. The number of amides is 2. The fraction of sp³-hybridized carbons (Fsp3) is 0.353. The Morgan fingerprint density at radius 3 is 2.62 bits per heavy atom. The van der Waals surface area contributed by atoms with Crippen molar-refractivity contribution < 1.29 is 14.7 Å². The van der Waals surface area contributed by atoms with Gasteiger partial charge in [-0.1, -0.05) is 18.2 Å². The van der Waals surface area contributed by atoms with E-state index in [0.717, 1.165) is 11.4 Å². The molecular formula is C17H20N4O3. The Morgan fingerprint density at radius 1 is 1.29 bits per heavy atom. The molecule has 0 radical (unpaired) electrons. The van der Waals surface area contributed by atoms with Gasteiger partial charge in [-0.2, -0.15) is 5.10 Å². The molecule has 24 heavy (non-hydrogen) atoms. The molecule has 2 N–H and O–H groups in total. The van der Waals surface area contributed by atoms with Crippen molar-refractivity contribution in [1.29, 1.82) is 0 Å². The molecule has 1 aromatic carbocycles. The van der Waals surface area contributed by atoms with E-state index in [2.05, 4.69) is 10.4 Å². The summed E-state index contributed by atoms with van der Waals surface area (Å²) in [7, 11) is 0. The number of carbonyl (C=O) groups excluding carboxylic acids is 1. The minimum atomic E-state index is -0.874. The van der Waals surface area contributed by atoms with Gasteiger partial charge in [0.15, 0.2) is 0 Å². The number of hydrogen-bond donors (Lipinski definition) is 2. The van der Waals surface area contributed by atoms with E-state index in [-0.39, 0.29) is 12.6 Å². The third kappa shape index (κ3) is 2.84. The van der Waals surface area contributed by atoms with Crippen molar-refractivity contribution in [2.45, 2.75) is 20.3 Å². The van der Waals surface area contributed by atoms with Crippen LogP contribution in [0.15, 0.2) is 36.5 Å². The molecule has 3 rings (SSSR count). The summed E-state index contributed by atoms with van der Waals surface area (Å²) in [6.45, 7) is 4.18. The molecule has 1 aliphatic heterocycles. The highest BCUT2D eigenvalue weighted by molar-refractivity contribution is 5.91. The second kappa shape index (κ2) is 5.99. The van der Waals surface area contributed by atoms with Gasteiger partial charge in [-0.3, -0.25) is 4.79 Å². The molecule has 1 unspecified atom stereocenters. The number of nitrogens with zero attached hydrogens (tertiary/aromatic N) is 3. The molecule has 1 aliphatic rings. The molecule has 126 valence electrons. The first kappa shape index (κ1) is 16.0. The number of hydrogen-bond acceptors (Lipinski definition) is 3. The normalized spacial score (nSPS) is 20.2. The Morgan fingerprint density at radius 2 is 2.00 bits per heavy atom. The summed E-state index contributed by atoms with van der Waals surface area (Å²) in [5.41, 5.74) is 1.47. The molecule has 0 saturated carbocycles. The number of nitrogens with one attached hydrogen (secondary N) is 1. The zero-order valence-corrected chi connectivity index (χ0v) is 13.7. The van der Waals surface area contributed by atoms with E-state index in [1.54, 1.807) is 17.8 Å². The topological polar surface area (TPSA) is 87.5 Å². The van der Waals surface area contributed by atoms with Crippen LogP contribution in [0.2, 0.25) is 0 Å². The summed E-state index contributed by atoms with van der Waals surface area (Å²) in [4.78, 5) is 25.2. The number of carboxylic acids is 1. The number of benzene rings is 1. The van der Waals surface area contributed by atoms with E-state index in [1.807, 2.05) is 37.3 Å². The molecule has 7 heteroatoms. The standard InChI is InChI=1S/C17H20N4O3/c1-12-14(10-18-21(12)13-6-4-3-5-7-13)19-16(24)20-9-8-17(2,11-20)15(22)23/h3-7,10H,8-9,11H2,1-2H3,(H,19,24)(H,22,23). The zero-order chi connectivity index (χ0) is 17.3. The smallest absolute Gasteiger partial charge is 0.321 e. The molecule has 1 aromatic heterocycles. The molecule has 0 aliphatic carbocycles. The Balaban J connectivity index is 1.72. The number of para-hydroxylation sites is 1. The van der Waals surface area contributed by atoms with Gasteiger partial charge in [-0.25, -0.2) is 9.48 Å². The van der Waals surface area contributed by atoms with Gasteiger partial charge in [-0.15, -0.1) is 0 Å². The van der Waals surface area contributed by atoms with Gasteiger partial charge in [0, 0.05) is 13.1 Å². The first-order valence-corrected chi connectivity index (χ1v) is 7.80. The predicted molar refractivity (Wildman–Crippen MR) is 89.3 cm³/mol. The van der Waals surface area contributed by atoms with Crippen LogP contribution in [0.5, 0.6) is 0 Å². The van der Waals surface area contributed by atoms with Crippen LogP contribution < -0.4 is 5.32 Å². The quantitative estimate of drug-likeness (QED) is 0.906.